The van der Waals surface area contributed by atoms with E-state index < -0.39 is 0 Å². The van der Waals surface area contributed by atoms with E-state index in [1.165, 1.54) is 6.26 Å². The molecule has 1 amide bonds. The number of benzene rings is 1. The predicted octanol–water partition coefficient (Wildman–Crippen LogP) is 1.59. The van der Waals surface area contributed by atoms with Crippen LogP contribution in [0.3, 0.4) is 0 Å². The molecule has 0 unspecified atom stereocenters. The Morgan fingerprint density at radius 1 is 1.11 bits per heavy atom. The Hall–Kier alpha value is -2.34. The summed E-state index contributed by atoms with van der Waals surface area (Å²) in [4.78, 5) is 11.5. The highest BCUT2D eigenvalue weighted by Gasteiger charge is 2.07. The highest BCUT2D eigenvalue weighted by Crippen LogP contribution is 1.98. The van der Waals surface area contributed by atoms with Crippen LogP contribution in [-0.4, -0.2) is 11.0 Å². The summed E-state index contributed by atoms with van der Waals surface area (Å²) in [7, 11) is 0. The topological polar surface area (TPSA) is 66.3 Å². The van der Waals surface area contributed by atoms with E-state index in [4.69, 9.17) is 16.6 Å². The number of hydrogen-bond donors (Lipinski definition) is 3. The number of rotatable bonds is 3. The Morgan fingerprint density at radius 2 is 1.89 bits per heavy atom. The van der Waals surface area contributed by atoms with E-state index in [1.807, 2.05) is 30.3 Å². The number of thiocarbonyl (C=S) groups is 1. The molecule has 0 aliphatic heterocycles. The average Bonchev–Trinajstić information content (AvgIpc) is 2.98. The molecule has 5 nitrogen and oxygen atoms in total. The summed E-state index contributed by atoms with van der Waals surface area (Å²) in [6, 6.07) is 13.0. The van der Waals surface area contributed by atoms with Crippen LogP contribution in [0.5, 0.6) is 0 Å². The van der Waals surface area contributed by atoms with Crippen molar-refractivity contribution >= 4 is 23.2 Å². The van der Waals surface area contributed by atoms with Crippen LogP contribution in [0, 0.1) is 0 Å². The Bertz CT molecular complexity index is 540. The molecule has 98 valence electrons. The van der Waals surface area contributed by atoms with Crippen LogP contribution in [0.2, 0.25) is 0 Å². The fourth-order valence-corrected chi connectivity index (χ4v) is 1.53. The van der Waals surface area contributed by atoms with E-state index >= 15 is 0 Å². The number of hydrogen-bond acceptors (Lipinski definition) is 3. The molecule has 6 heteroatoms. The molecule has 2 rings (SSSR count). The summed E-state index contributed by atoms with van der Waals surface area (Å²) in [6.07, 6.45) is 1.43. The summed E-state index contributed by atoms with van der Waals surface area (Å²) < 4.78 is 4.94. The molecular weight excluding hydrogens is 262 g/mol. The molecule has 19 heavy (non-hydrogen) atoms. The van der Waals surface area contributed by atoms with Gasteiger partial charge in [-0.1, -0.05) is 30.3 Å². The molecule has 2 aromatic rings. The second-order valence-corrected chi connectivity index (χ2v) is 4.13. The van der Waals surface area contributed by atoms with Gasteiger partial charge in [0.1, 0.15) is 0 Å². The predicted molar refractivity (Wildman–Crippen MR) is 75.2 cm³/mol. The molecule has 1 aromatic carbocycles. The Balaban J connectivity index is 1.72. The maximum Gasteiger partial charge on any atom is 0.305 e. The quantitative estimate of drug-likeness (QED) is 0.586. The first kappa shape index (κ1) is 13.1. The first-order valence-electron chi connectivity index (χ1n) is 5.67. The van der Waals surface area contributed by atoms with Crippen molar-refractivity contribution in [3.63, 3.8) is 0 Å². The molecule has 0 spiro atoms. The van der Waals surface area contributed by atoms with Crippen LogP contribution in [0.1, 0.15) is 16.1 Å². The van der Waals surface area contributed by atoms with Crippen molar-refractivity contribution in [2.24, 2.45) is 0 Å². The highest BCUT2D eigenvalue weighted by atomic mass is 32.1. The van der Waals surface area contributed by atoms with Gasteiger partial charge in [-0.15, -0.1) is 0 Å². The van der Waals surface area contributed by atoms with E-state index in [1.54, 1.807) is 12.1 Å². The van der Waals surface area contributed by atoms with Gasteiger partial charge in [0.25, 0.3) is 0 Å². The third-order valence-corrected chi connectivity index (χ3v) is 2.58. The number of carbonyl (C=O) groups excluding carboxylic acids is 1. The van der Waals surface area contributed by atoms with Crippen molar-refractivity contribution in [2.75, 3.05) is 0 Å². The minimum Gasteiger partial charge on any atom is -0.459 e. The van der Waals surface area contributed by atoms with Crippen molar-refractivity contribution in [3.8, 4) is 0 Å². The Morgan fingerprint density at radius 3 is 2.58 bits per heavy atom. The zero-order valence-corrected chi connectivity index (χ0v) is 10.9. The second kappa shape index (κ2) is 6.55. The molecule has 0 radical (unpaired) electrons. The van der Waals surface area contributed by atoms with E-state index in [2.05, 4.69) is 16.2 Å². The van der Waals surface area contributed by atoms with Gasteiger partial charge in [0, 0.05) is 6.54 Å². The fourth-order valence-electron chi connectivity index (χ4n) is 1.41. The van der Waals surface area contributed by atoms with Gasteiger partial charge in [0.2, 0.25) is 0 Å². The van der Waals surface area contributed by atoms with E-state index in [9.17, 15) is 4.79 Å². The Labute approximate surface area is 116 Å². The van der Waals surface area contributed by atoms with Crippen molar-refractivity contribution in [3.05, 3.63) is 60.1 Å². The largest absolute Gasteiger partial charge is 0.459 e. The van der Waals surface area contributed by atoms with E-state index in [0.29, 0.717) is 11.7 Å². The number of furan rings is 1. The van der Waals surface area contributed by atoms with Gasteiger partial charge in [0.05, 0.1) is 6.26 Å². The zero-order valence-electron chi connectivity index (χ0n) is 10.1. The Kier molecular flexibility index (Phi) is 4.52. The third-order valence-electron chi connectivity index (χ3n) is 2.33. The van der Waals surface area contributed by atoms with E-state index in [0.717, 1.165) is 5.56 Å². The molecule has 1 aromatic heterocycles. The highest BCUT2D eigenvalue weighted by molar-refractivity contribution is 7.80. The lowest BCUT2D eigenvalue weighted by Gasteiger charge is -2.10. The van der Waals surface area contributed by atoms with Crippen molar-refractivity contribution in [1.82, 2.24) is 16.2 Å². The smallest absolute Gasteiger partial charge is 0.305 e. The average molecular weight is 275 g/mol. The number of hydrazine groups is 1. The number of carbonyl (C=O) groups is 1. The summed E-state index contributed by atoms with van der Waals surface area (Å²) in [6.45, 7) is 0.587. The molecule has 0 aliphatic rings. The molecule has 0 fully saturated rings. The first-order chi connectivity index (χ1) is 9.25. The monoisotopic (exact) mass is 275 g/mol. The SMILES string of the molecule is O=C(NNC(=S)NCc1ccccc1)c1ccco1. The molecular formula is C13H13N3O2S. The molecule has 0 aliphatic carbocycles. The minimum absolute atomic E-state index is 0.221. The van der Waals surface area contributed by atoms with Crippen LogP contribution >= 0.6 is 12.2 Å². The standard InChI is InChI=1S/C13H13N3O2S/c17-12(11-7-4-8-18-11)15-16-13(19)14-9-10-5-2-1-3-6-10/h1-8H,9H2,(H,15,17)(H2,14,16,19). The fraction of sp³-hybridized carbons (Fsp3) is 0.0769. The second-order valence-electron chi connectivity index (χ2n) is 3.72. The van der Waals surface area contributed by atoms with Crippen LogP contribution in [0.25, 0.3) is 0 Å². The van der Waals surface area contributed by atoms with Gasteiger partial charge >= 0.3 is 5.91 Å². The number of amides is 1. The summed E-state index contributed by atoms with van der Waals surface area (Å²) in [5, 5.41) is 3.31. The maximum atomic E-state index is 11.5. The molecule has 0 saturated heterocycles. The maximum absolute atomic E-state index is 11.5. The van der Waals surface area contributed by atoms with E-state index in [-0.39, 0.29) is 11.7 Å². The number of nitrogens with one attached hydrogen (secondary N) is 3. The van der Waals surface area contributed by atoms with Gasteiger partial charge in [-0.25, -0.2) is 0 Å². The lowest BCUT2D eigenvalue weighted by atomic mass is 10.2. The molecule has 1 heterocycles. The van der Waals surface area contributed by atoms with Gasteiger partial charge in [0.15, 0.2) is 10.9 Å². The lowest BCUT2D eigenvalue weighted by molar-refractivity contribution is 0.0916. The normalized spacial score (nSPS) is 9.68. The van der Waals surface area contributed by atoms with Crippen molar-refractivity contribution in [2.45, 2.75) is 6.54 Å². The van der Waals surface area contributed by atoms with Crippen LogP contribution < -0.4 is 16.2 Å². The zero-order chi connectivity index (χ0) is 13.5. The van der Waals surface area contributed by atoms with Crippen LogP contribution in [-0.2, 0) is 6.54 Å². The molecule has 0 saturated carbocycles. The third kappa shape index (κ3) is 4.11. The first-order valence-corrected chi connectivity index (χ1v) is 6.08. The van der Waals surface area contributed by atoms with Gasteiger partial charge < -0.3 is 9.73 Å². The summed E-state index contributed by atoms with van der Waals surface area (Å²) in [5.41, 5.74) is 6.14. The van der Waals surface area contributed by atoms with Gasteiger partial charge in [-0.2, -0.15) is 0 Å². The summed E-state index contributed by atoms with van der Waals surface area (Å²) >= 11 is 5.03. The van der Waals surface area contributed by atoms with Crippen LogP contribution in [0.4, 0.5) is 0 Å². The molecule has 0 atom stereocenters. The minimum atomic E-state index is -0.381. The van der Waals surface area contributed by atoms with Crippen molar-refractivity contribution < 1.29 is 9.21 Å². The molecule has 3 N–H and O–H groups in total. The van der Waals surface area contributed by atoms with Crippen LogP contribution in [0.15, 0.2) is 53.1 Å². The van der Waals surface area contributed by atoms with Gasteiger partial charge in [-0.3, -0.25) is 15.6 Å². The van der Waals surface area contributed by atoms with Crippen molar-refractivity contribution in [1.29, 1.82) is 0 Å². The van der Waals surface area contributed by atoms with Gasteiger partial charge in [-0.05, 0) is 29.9 Å². The molecule has 0 bridgehead atoms. The summed E-state index contributed by atoms with van der Waals surface area (Å²) in [5.74, 6) is -0.160. The lowest BCUT2D eigenvalue weighted by Crippen LogP contribution is -2.46.